The average molecular weight is 536 g/mol. The van der Waals surface area contributed by atoms with Crippen LogP contribution in [-0.4, -0.2) is 20.3 Å². The summed E-state index contributed by atoms with van der Waals surface area (Å²) in [7, 11) is -4.24. The fourth-order valence-corrected chi connectivity index (χ4v) is 5.07. The largest absolute Gasteiger partial charge is 0.422 e. The third kappa shape index (κ3) is 4.93. The molecule has 0 aromatic heterocycles. The number of ether oxygens (including phenoxy) is 1. The van der Waals surface area contributed by atoms with Gasteiger partial charge < -0.3 is 4.74 Å². The van der Waals surface area contributed by atoms with Crippen molar-refractivity contribution in [2.45, 2.75) is 4.90 Å². The maximum Gasteiger partial charge on any atom is 0.343 e. The predicted molar refractivity (Wildman–Crippen MR) is 132 cm³/mol. The van der Waals surface area contributed by atoms with E-state index in [9.17, 15) is 18.0 Å². The Hall–Kier alpha value is -3.75. The molecule has 4 rings (SSSR count). The Morgan fingerprint density at radius 2 is 1.24 bits per heavy atom. The first-order chi connectivity index (χ1) is 16.4. The maximum atomic E-state index is 13.5. The molecule has 0 saturated heterocycles. The number of hydrogen-bond donors (Lipinski definition) is 0. The van der Waals surface area contributed by atoms with Crippen LogP contribution in [0.2, 0.25) is 0 Å². The molecule has 0 N–H and O–H groups in total. The number of sulfonamides is 1. The second kappa shape index (κ2) is 10.0. The third-order valence-electron chi connectivity index (χ3n) is 4.85. The Morgan fingerprint density at radius 3 is 1.79 bits per heavy atom. The Balaban J connectivity index is 1.74. The summed E-state index contributed by atoms with van der Waals surface area (Å²) in [6.45, 7) is 0. The van der Waals surface area contributed by atoms with Gasteiger partial charge in [-0.2, -0.15) is 4.31 Å². The molecule has 0 unspecified atom stereocenters. The summed E-state index contributed by atoms with van der Waals surface area (Å²) in [6, 6.07) is 28.6. The summed E-state index contributed by atoms with van der Waals surface area (Å²) >= 11 is 3.33. The van der Waals surface area contributed by atoms with E-state index in [-0.39, 0.29) is 21.9 Å². The molecule has 0 fully saturated rings. The van der Waals surface area contributed by atoms with E-state index in [1.165, 1.54) is 30.3 Å². The zero-order chi connectivity index (χ0) is 24.1. The standard InChI is InChI=1S/C26H18BrNO5S/c27-23-18-21(16-17-24(23)33-26(30)20-12-6-2-7-13-20)28(25(29)19-10-4-1-5-11-19)34(31,32)22-14-8-3-9-15-22/h1-18H. The first kappa shape index (κ1) is 23.4. The van der Waals surface area contributed by atoms with Gasteiger partial charge in [0.15, 0.2) is 0 Å². The smallest absolute Gasteiger partial charge is 0.343 e. The number of benzene rings is 4. The molecule has 6 nitrogen and oxygen atoms in total. The number of halogens is 1. The lowest BCUT2D eigenvalue weighted by Gasteiger charge is -2.23. The zero-order valence-corrected chi connectivity index (χ0v) is 20.1. The predicted octanol–water partition coefficient (Wildman–Crippen LogP) is 5.70. The topological polar surface area (TPSA) is 80.8 Å². The summed E-state index contributed by atoms with van der Waals surface area (Å²) in [5.41, 5.74) is 0.660. The minimum atomic E-state index is -4.24. The van der Waals surface area contributed by atoms with Crippen molar-refractivity contribution in [3.8, 4) is 5.75 Å². The highest BCUT2D eigenvalue weighted by atomic mass is 79.9. The van der Waals surface area contributed by atoms with Crippen molar-refractivity contribution < 1.29 is 22.7 Å². The van der Waals surface area contributed by atoms with Gasteiger partial charge in [-0.25, -0.2) is 13.2 Å². The fourth-order valence-electron chi connectivity index (χ4n) is 3.19. The van der Waals surface area contributed by atoms with Crippen LogP contribution in [0.3, 0.4) is 0 Å². The van der Waals surface area contributed by atoms with E-state index in [1.807, 2.05) is 0 Å². The van der Waals surface area contributed by atoms with E-state index in [4.69, 9.17) is 4.74 Å². The lowest BCUT2D eigenvalue weighted by Crippen LogP contribution is -2.37. The van der Waals surface area contributed by atoms with E-state index >= 15 is 0 Å². The summed E-state index contributed by atoms with van der Waals surface area (Å²) in [6.07, 6.45) is 0. The summed E-state index contributed by atoms with van der Waals surface area (Å²) in [4.78, 5) is 25.8. The molecule has 0 heterocycles. The number of carbonyl (C=O) groups is 2. The van der Waals surface area contributed by atoms with Crippen molar-refractivity contribution in [3.05, 3.63) is 125 Å². The van der Waals surface area contributed by atoms with E-state index in [2.05, 4.69) is 15.9 Å². The highest BCUT2D eigenvalue weighted by Crippen LogP contribution is 2.34. The van der Waals surface area contributed by atoms with Crippen LogP contribution >= 0.6 is 15.9 Å². The number of esters is 1. The summed E-state index contributed by atoms with van der Waals surface area (Å²) < 4.78 is 33.5. The van der Waals surface area contributed by atoms with Crippen molar-refractivity contribution in [1.29, 1.82) is 0 Å². The van der Waals surface area contributed by atoms with Gasteiger partial charge in [0, 0.05) is 5.56 Å². The molecule has 4 aromatic rings. The highest BCUT2D eigenvalue weighted by Gasteiger charge is 2.32. The molecule has 0 radical (unpaired) electrons. The molecule has 4 aromatic carbocycles. The lowest BCUT2D eigenvalue weighted by molar-refractivity contribution is 0.0733. The second-order valence-corrected chi connectivity index (χ2v) is 9.76. The highest BCUT2D eigenvalue weighted by molar-refractivity contribution is 9.10. The third-order valence-corrected chi connectivity index (χ3v) is 7.19. The van der Waals surface area contributed by atoms with E-state index in [0.717, 1.165) is 4.31 Å². The molecule has 1 amide bonds. The van der Waals surface area contributed by atoms with Crippen LogP contribution in [0.1, 0.15) is 20.7 Å². The van der Waals surface area contributed by atoms with Crippen molar-refractivity contribution in [3.63, 3.8) is 0 Å². The maximum absolute atomic E-state index is 13.5. The number of rotatable bonds is 6. The molecule has 0 aliphatic rings. The van der Waals surface area contributed by atoms with Crippen LogP contribution in [-0.2, 0) is 10.0 Å². The molecule has 0 aliphatic heterocycles. The van der Waals surface area contributed by atoms with E-state index in [1.54, 1.807) is 78.9 Å². The Labute approximate surface area is 205 Å². The van der Waals surface area contributed by atoms with Crippen LogP contribution in [0.25, 0.3) is 0 Å². The quantitative estimate of drug-likeness (QED) is 0.233. The summed E-state index contributed by atoms with van der Waals surface area (Å²) in [5, 5.41) is 0. The molecule has 0 bridgehead atoms. The van der Waals surface area contributed by atoms with Gasteiger partial charge in [0.1, 0.15) is 5.75 Å². The summed E-state index contributed by atoms with van der Waals surface area (Å²) in [5.74, 6) is -1.10. The van der Waals surface area contributed by atoms with Crippen LogP contribution in [0.4, 0.5) is 5.69 Å². The van der Waals surface area contributed by atoms with Gasteiger partial charge >= 0.3 is 5.97 Å². The minimum Gasteiger partial charge on any atom is -0.422 e. The number of nitrogens with zero attached hydrogens (tertiary/aromatic N) is 1. The molecule has 34 heavy (non-hydrogen) atoms. The van der Waals surface area contributed by atoms with Crippen LogP contribution in [0.5, 0.6) is 5.75 Å². The first-order valence-electron chi connectivity index (χ1n) is 10.1. The molecule has 0 aliphatic carbocycles. The number of amides is 1. The van der Waals surface area contributed by atoms with Gasteiger partial charge in [-0.05, 0) is 70.5 Å². The van der Waals surface area contributed by atoms with Gasteiger partial charge in [-0.15, -0.1) is 0 Å². The normalized spacial score (nSPS) is 11.0. The van der Waals surface area contributed by atoms with E-state index < -0.39 is 21.9 Å². The molecule has 170 valence electrons. The lowest BCUT2D eigenvalue weighted by atomic mass is 10.2. The Morgan fingerprint density at radius 1 is 0.706 bits per heavy atom. The van der Waals surface area contributed by atoms with E-state index in [0.29, 0.717) is 10.0 Å². The number of hydrogen-bond acceptors (Lipinski definition) is 5. The van der Waals surface area contributed by atoms with Crippen molar-refractivity contribution in [1.82, 2.24) is 0 Å². The monoisotopic (exact) mass is 535 g/mol. The van der Waals surface area contributed by atoms with Crippen molar-refractivity contribution in [2.24, 2.45) is 0 Å². The first-order valence-corrected chi connectivity index (χ1v) is 12.4. The minimum absolute atomic E-state index is 0.0324. The fraction of sp³-hybridized carbons (Fsp3) is 0. The SMILES string of the molecule is O=C(Oc1ccc(N(C(=O)c2ccccc2)S(=O)(=O)c2ccccc2)cc1Br)c1ccccc1. The molecular weight excluding hydrogens is 518 g/mol. The average Bonchev–Trinajstić information content (AvgIpc) is 2.87. The van der Waals surface area contributed by atoms with Gasteiger partial charge in [-0.3, -0.25) is 4.79 Å². The number of anilines is 1. The molecule has 0 atom stereocenters. The Kier molecular flexibility index (Phi) is 6.90. The molecule has 0 saturated carbocycles. The Bertz CT molecular complexity index is 1430. The molecular formula is C26H18BrNO5S. The van der Waals surface area contributed by atoms with Crippen molar-refractivity contribution >= 4 is 43.5 Å². The van der Waals surface area contributed by atoms with Gasteiger partial charge in [0.2, 0.25) is 0 Å². The van der Waals surface area contributed by atoms with Crippen LogP contribution in [0, 0.1) is 0 Å². The van der Waals surface area contributed by atoms with Gasteiger partial charge in [0.05, 0.1) is 20.6 Å². The molecule has 8 heteroatoms. The second-order valence-electron chi connectivity index (χ2n) is 7.12. The van der Waals surface area contributed by atoms with Crippen LogP contribution < -0.4 is 9.04 Å². The van der Waals surface area contributed by atoms with Crippen molar-refractivity contribution in [2.75, 3.05) is 4.31 Å². The van der Waals surface area contributed by atoms with Gasteiger partial charge in [-0.1, -0.05) is 54.6 Å². The number of carbonyl (C=O) groups excluding carboxylic acids is 2. The molecule has 0 spiro atoms. The zero-order valence-electron chi connectivity index (χ0n) is 17.7. The van der Waals surface area contributed by atoms with Gasteiger partial charge in [0.25, 0.3) is 15.9 Å². The van der Waals surface area contributed by atoms with Crippen LogP contribution in [0.15, 0.2) is 119 Å².